The first-order chi connectivity index (χ1) is 13.3. The summed E-state index contributed by atoms with van der Waals surface area (Å²) in [6, 6.07) is 12.0. The summed E-state index contributed by atoms with van der Waals surface area (Å²) in [5.41, 5.74) is -0.754. The molecule has 0 atom stereocenters. The second-order valence-corrected chi connectivity index (χ2v) is 6.40. The lowest BCUT2D eigenvalue weighted by Crippen LogP contribution is -2.28. The number of halogens is 4. The molecule has 0 saturated carbocycles. The van der Waals surface area contributed by atoms with Crippen LogP contribution in [0.5, 0.6) is 5.75 Å². The maximum atomic E-state index is 13.6. The summed E-state index contributed by atoms with van der Waals surface area (Å²) >= 11 is 5.77. The monoisotopic (exact) mass is 409 g/mol. The predicted molar refractivity (Wildman–Crippen MR) is 97.7 cm³/mol. The lowest BCUT2D eigenvalue weighted by molar-refractivity contribution is -0.143. The highest BCUT2D eigenvalue weighted by atomic mass is 35.5. The van der Waals surface area contributed by atoms with Crippen LogP contribution in [0.2, 0.25) is 5.02 Å². The Morgan fingerprint density at radius 2 is 1.75 bits per heavy atom. The van der Waals surface area contributed by atoms with E-state index in [1.165, 1.54) is 36.4 Å². The van der Waals surface area contributed by atoms with Gasteiger partial charge in [-0.1, -0.05) is 23.7 Å². The van der Waals surface area contributed by atoms with Crippen molar-refractivity contribution < 1.29 is 23.1 Å². The Morgan fingerprint density at radius 1 is 1.11 bits per heavy atom. The van der Waals surface area contributed by atoms with Gasteiger partial charge >= 0.3 is 6.18 Å². The summed E-state index contributed by atoms with van der Waals surface area (Å²) in [6.45, 7) is 0.132. The fourth-order valence-corrected chi connectivity index (χ4v) is 2.77. The summed E-state index contributed by atoms with van der Waals surface area (Å²) in [6.07, 6.45) is -3.48. The number of phenolic OH excluding ortho intramolecular Hbond substituents is 1. The third-order valence-electron chi connectivity index (χ3n) is 3.99. The normalized spacial score (nSPS) is 11.4. The van der Waals surface area contributed by atoms with E-state index >= 15 is 0 Å². The lowest BCUT2D eigenvalue weighted by atomic mass is 10.1. The van der Waals surface area contributed by atoms with E-state index in [0.717, 1.165) is 11.8 Å². The molecule has 0 bridgehead atoms. The number of aromatic nitrogens is 2. The number of nitrogens with zero attached hydrogens (tertiary/aromatic N) is 2. The van der Waals surface area contributed by atoms with Gasteiger partial charge in [0.05, 0.1) is 17.4 Å². The van der Waals surface area contributed by atoms with E-state index in [9.17, 15) is 23.1 Å². The van der Waals surface area contributed by atoms with E-state index in [1.54, 1.807) is 12.1 Å². The van der Waals surface area contributed by atoms with E-state index in [0.29, 0.717) is 16.1 Å². The molecule has 1 aromatic heterocycles. The molecule has 0 fully saturated rings. The summed E-state index contributed by atoms with van der Waals surface area (Å²) in [7, 11) is 0. The van der Waals surface area contributed by atoms with Gasteiger partial charge < -0.3 is 10.4 Å². The van der Waals surface area contributed by atoms with Crippen molar-refractivity contribution in [1.29, 1.82) is 0 Å². The third-order valence-corrected chi connectivity index (χ3v) is 4.24. The van der Waals surface area contributed by atoms with Gasteiger partial charge in [-0.3, -0.25) is 4.79 Å². The van der Waals surface area contributed by atoms with Gasteiger partial charge in [-0.25, -0.2) is 4.68 Å². The molecule has 0 aliphatic heterocycles. The molecule has 0 aliphatic rings. The lowest BCUT2D eigenvalue weighted by Gasteiger charge is -2.13. The van der Waals surface area contributed by atoms with Crippen LogP contribution in [-0.2, 0) is 12.6 Å². The Hall–Kier alpha value is -3.00. The highest BCUT2D eigenvalue weighted by Gasteiger charge is 2.40. The van der Waals surface area contributed by atoms with Crippen molar-refractivity contribution in [2.24, 2.45) is 0 Å². The number of benzene rings is 2. The Bertz CT molecular complexity index is 968. The number of rotatable bonds is 5. The second kappa shape index (κ2) is 7.93. The Morgan fingerprint density at radius 3 is 2.36 bits per heavy atom. The number of carbonyl (C=O) groups excluding carboxylic acids is 1. The van der Waals surface area contributed by atoms with Crippen LogP contribution in [0.3, 0.4) is 0 Å². The fraction of sp³-hybridized carbons (Fsp3) is 0.158. The highest BCUT2D eigenvalue weighted by molar-refractivity contribution is 6.30. The van der Waals surface area contributed by atoms with Gasteiger partial charge in [-0.05, 0) is 48.4 Å². The molecule has 0 spiro atoms. The van der Waals surface area contributed by atoms with Crippen LogP contribution in [0.4, 0.5) is 13.2 Å². The molecule has 9 heteroatoms. The number of alkyl halides is 3. The predicted octanol–water partition coefficient (Wildman–Crippen LogP) is 4.22. The van der Waals surface area contributed by atoms with E-state index in [2.05, 4.69) is 10.4 Å². The third kappa shape index (κ3) is 4.45. The van der Waals surface area contributed by atoms with Crippen molar-refractivity contribution in [2.45, 2.75) is 12.6 Å². The first-order valence-electron chi connectivity index (χ1n) is 8.23. The molecular formula is C19H15ClF3N3O2. The quantitative estimate of drug-likeness (QED) is 0.663. The molecule has 3 aromatic rings. The van der Waals surface area contributed by atoms with E-state index < -0.39 is 23.3 Å². The molecule has 2 aromatic carbocycles. The number of nitrogens with one attached hydrogen (secondary N) is 1. The number of phenols is 1. The van der Waals surface area contributed by atoms with Gasteiger partial charge in [0, 0.05) is 11.6 Å². The van der Waals surface area contributed by atoms with E-state index in [1.807, 2.05) is 0 Å². The molecule has 146 valence electrons. The van der Waals surface area contributed by atoms with Crippen LogP contribution in [0.15, 0.2) is 54.7 Å². The number of hydrogen-bond acceptors (Lipinski definition) is 3. The molecule has 3 rings (SSSR count). The minimum atomic E-state index is -4.78. The molecule has 5 nitrogen and oxygen atoms in total. The molecule has 1 heterocycles. The van der Waals surface area contributed by atoms with Crippen LogP contribution < -0.4 is 5.32 Å². The average molecular weight is 410 g/mol. The molecule has 0 aliphatic carbocycles. The Kier molecular flexibility index (Phi) is 5.60. The van der Waals surface area contributed by atoms with Gasteiger partial charge in [0.25, 0.3) is 5.91 Å². The van der Waals surface area contributed by atoms with Crippen molar-refractivity contribution >= 4 is 17.5 Å². The van der Waals surface area contributed by atoms with Crippen molar-refractivity contribution in [3.8, 4) is 11.4 Å². The molecule has 28 heavy (non-hydrogen) atoms. The van der Waals surface area contributed by atoms with Crippen LogP contribution in [-0.4, -0.2) is 27.3 Å². The largest absolute Gasteiger partial charge is 0.508 e. The van der Waals surface area contributed by atoms with Gasteiger partial charge in [0.15, 0.2) is 5.69 Å². The summed E-state index contributed by atoms with van der Waals surface area (Å²) in [4.78, 5) is 12.3. The Labute approximate surface area is 163 Å². The molecule has 0 unspecified atom stereocenters. The zero-order valence-corrected chi connectivity index (χ0v) is 15.1. The zero-order chi connectivity index (χ0) is 20.3. The van der Waals surface area contributed by atoms with E-state index in [4.69, 9.17) is 11.6 Å². The van der Waals surface area contributed by atoms with Crippen LogP contribution in [0.25, 0.3) is 5.69 Å². The van der Waals surface area contributed by atoms with Gasteiger partial charge in [0.1, 0.15) is 5.75 Å². The second-order valence-electron chi connectivity index (χ2n) is 5.97. The number of aromatic hydroxyl groups is 1. The number of hydrogen-bond donors (Lipinski definition) is 2. The number of carbonyl (C=O) groups is 1. The summed E-state index contributed by atoms with van der Waals surface area (Å²) in [5, 5.41) is 15.8. The maximum Gasteiger partial charge on any atom is 0.434 e. The van der Waals surface area contributed by atoms with Crippen LogP contribution in [0.1, 0.15) is 21.6 Å². The van der Waals surface area contributed by atoms with Crippen LogP contribution in [0, 0.1) is 0 Å². The molecule has 1 amide bonds. The molecule has 0 radical (unpaired) electrons. The molecule has 0 saturated heterocycles. The Balaban J connectivity index is 1.79. The first-order valence-corrected chi connectivity index (χ1v) is 8.61. The minimum absolute atomic E-state index is 0.109. The summed E-state index contributed by atoms with van der Waals surface area (Å²) < 4.78 is 41.5. The van der Waals surface area contributed by atoms with Crippen LogP contribution >= 0.6 is 11.6 Å². The average Bonchev–Trinajstić information content (AvgIpc) is 3.09. The van der Waals surface area contributed by atoms with Crippen molar-refractivity contribution in [3.05, 3.63) is 76.6 Å². The minimum Gasteiger partial charge on any atom is -0.508 e. The molecule has 2 N–H and O–H groups in total. The van der Waals surface area contributed by atoms with Crippen molar-refractivity contribution in [1.82, 2.24) is 15.1 Å². The van der Waals surface area contributed by atoms with Gasteiger partial charge in [-0.2, -0.15) is 18.3 Å². The SMILES string of the molecule is O=C(NCCc1ccc(O)cc1)c1cnn(-c2ccc(Cl)cc2)c1C(F)(F)F. The van der Waals surface area contributed by atoms with E-state index in [-0.39, 0.29) is 18.0 Å². The zero-order valence-electron chi connectivity index (χ0n) is 14.4. The molecular weight excluding hydrogens is 395 g/mol. The smallest absolute Gasteiger partial charge is 0.434 e. The van der Waals surface area contributed by atoms with Gasteiger partial charge in [0.2, 0.25) is 0 Å². The topological polar surface area (TPSA) is 67.2 Å². The fourth-order valence-electron chi connectivity index (χ4n) is 2.64. The maximum absolute atomic E-state index is 13.6. The van der Waals surface area contributed by atoms with Gasteiger partial charge in [-0.15, -0.1) is 0 Å². The summed E-state index contributed by atoms with van der Waals surface area (Å²) in [5.74, 6) is -0.761. The first kappa shape index (κ1) is 19.8. The van der Waals surface area contributed by atoms with Crippen molar-refractivity contribution in [3.63, 3.8) is 0 Å². The number of amides is 1. The highest BCUT2D eigenvalue weighted by Crippen LogP contribution is 2.33. The standard InChI is InChI=1S/C19H15ClF3N3O2/c20-13-3-5-14(6-4-13)26-17(19(21,22)23)16(11-25-26)18(28)24-10-9-12-1-7-15(27)8-2-12/h1-8,11,27H,9-10H2,(H,24,28). The van der Waals surface area contributed by atoms with Crippen molar-refractivity contribution in [2.75, 3.05) is 6.54 Å².